The summed E-state index contributed by atoms with van der Waals surface area (Å²) in [5, 5.41) is 10.4. The third kappa shape index (κ3) is 4.11. The van der Waals surface area contributed by atoms with Crippen molar-refractivity contribution in [1.29, 1.82) is 0 Å². The van der Waals surface area contributed by atoms with Crippen molar-refractivity contribution < 1.29 is 5.11 Å². The number of rotatable bonds is 5. The Bertz CT molecular complexity index is 342. The van der Waals surface area contributed by atoms with E-state index in [1.165, 1.54) is 0 Å². The van der Waals surface area contributed by atoms with Crippen molar-refractivity contribution in [3.05, 3.63) is 35.9 Å². The second kappa shape index (κ2) is 6.35. The van der Waals surface area contributed by atoms with Crippen LogP contribution in [0.4, 0.5) is 0 Å². The summed E-state index contributed by atoms with van der Waals surface area (Å²) in [7, 11) is 0. The zero-order chi connectivity index (χ0) is 13.8. The maximum Gasteiger partial charge on any atom is 0.0623 e. The fraction of sp³-hybridized carbons (Fsp3) is 0.625. The van der Waals surface area contributed by atoms with Crippen LogP contribution in [0.2, 0.25) is 0 Å². The van der Waals surface area contributed by atoms with Gasteiger partial charge in [-0.2, -0.15) is 0 Å². The van der Waals surface area contributed by atoms with Crippen LogP contribution in [-0.2, 0) is 0 Å². The summed E-state index contributed by atoms with van der Waals surface area (Å²) in [6, 6.07) is 10.1. The molecular weight excluding hydrogens is 222 g/mol. The molecule has 1 aromatic rings. The van der Waals surface area contributed by atoms with Crippen LogP contribution in [0.25, 0.3) is 0 Å². The van der Waals surface area contributed by atoms with Crippen molar-refractivity contribution in [3.8, 4) is 0 Å². The van der Waals surface area contributed by atoms with Gasteiger partial charge < -0.3 is 10.8 Å². The lowest BCUT2D eigenvalue weighted by Crippen LogP contribution is -2.30. The number of nitrogens with two attached hydrogens (primary N) is 1. The van der Waals surface area contributed by atoms with E-state index in [1.54, 1.807) is 0 Å². The molecule has 0 aliphatic carbocycles. The van der Waals surface area contributed by atoms with Crippen LogP contribution in [0.3, 0.4) is 0 Å². The highest BCUT2D eigenvalue weighted by molar-refractivity contribution is 5.21. The van der Waals surface area contributed by atoms with Gasteiger partial charge in [-0.15, -0.1) is 0 Å². The van der Waals surface area contributed by atoms with Crippen LogP contribution in [0.1, 0.15) is 45.6 Å². The molecule has 1 rings (SSSR count). The van der Waals surface area contributed by atoms with Gasteiger partial charge >= 0.3 is 0 Å². The summed E-state index contributed by atoms with van der Waals surface area (Å²) < 4.78 is 0. The Morgan fingerprint density at radius 1 is 1.17 bits per heavy atom. The molecule has 0 radical (unpaired) electrons. The summed E-state index contributed by atoms with van der Waals surface area (Å²) in [4.78, 5) is 0. The molecule has 2 nitrogen and oxygen atoms in total. The van der Waals surface area contributed by atoms with Crippen LogP contribution in [0, 0.1) is 11.3 Å². The van der Waals surface area contributed by atoms with Gasteiger partial charge in [-0.25, -0.2) is 0 Å². The van der Waals surface area contributed by atoms with E-state index in [-0.39, 0.29) is 17.4 Å². The van der Waals surface area contributed by atoms with E-state index in [0.29, 0.717) is 12.5 Å². The Morgan fingerprint density at radius 3 is 2.17 bits per heavy atom. The monoisotopic (exact) mass is 249 g/mol. The number of aliphatic hydroxyl groups is 1. The average molecular weight is 249 g/mol. The molecular formula is C16H27NO. The molecule has 0 saturated heterocycles. The number of benzene rings is 1. The minimum atomic E-state index is -0.369. The zero-order valence-electron chi connectivity index (χ0n) is 12.1. The van der Waals surface area contributed by atoms with Crippen molar-refractivity contribution in [3.63, 3.8) is 0 Å². The molecule has 18 heavy (non-hydrogen) atoms. The zero-order valence-corrected chi connectivity index (χ0v) is 12.1. The molecule has 0 aliphatic heterocycles. The van der Waals surface area contributed by atoms with Gasteiger partial charge in [0.2, 0.25) is 0 Å². The standard InChI is InChI=1S/C16H27NO/c1-12(16(2,3)4)10-15(18)14(11-17)13-8-6-5-7-9-13/h5-9,12,14-15,18H,10-11,17H2,1-4H3. The lowest BCUT2D eigenvalue weighted by Gasteiger charge is -2.31. The van der Waals surface area contributed by atoms with Gasteiger partial charge in [0, 0.05) is 12.5 Å². The Balaban J connectivity index is 2.72. The molecule has 0 fully saturated rings. The fourth-order valence-electron chi connectivity index (χ4n) is 2.10. The van der Waals surface area contributed by atoms with Gasteiger partial charge in [-0.05, 0) is 23.3 Å². The minimum absolute atomic E-state index is 0.0380. The second-order valence-electron chi connectivity index (χ2n) is 6.32. The molecule has 0 spiro atoms. The first kappa shape index (κ1) is 15.2. The van der Waals surface area contributed by atoms with Gasteiger partial charge in [0.1, 0.15) is 0 Å². The van der Waals surface area contributed by atoms with E-state index >= 15 is 0 Å². The van der Waals surface area contributed by atoms with Gasteiger partial charge in [-0.1, -0.05) is 58.0 Å². The largest absolute Gasteiger partial charge is 0.392 e. The van der Waals surface area contributed by atoms with Crippen LogP contribution in [0.15, 0.2) is 30.3 Å². The van der Waals surface area contributed by atoms with Gasteiger partial charge in [0.25, 0.3) is 0 Å². The van der Waals surface area contributed by atoms with Gasteiger partial charge in [-0.3, -0.25) is 0 Å². The van der Waals surface area contributed by atoms with Crippen LogP contribution >= 0.6 is 0 Å². The lowest BCUT2D eigenvalue weighted by molar-refractivity contribution is 0.0894. The Morgan fingerprint density at radius 2 is 1.72 bits per heavy atom. The summed E-state index contributed by atoms with van der Waals surface area (Å²) in [5.74, 6) is 0.501. The van der Waals surface area contributed by atoms with Crippen LogP contribution in [0.5, 0.6) is 0 Å². The number of hydrogen-bond acceptors (Lipinski definition) is 2. The van der Waals surface area contributed by atoms with E-state index in [2.05, 4.69) is 27.7 Å². The van der Waals surface area contributed by atoms with E-state index < -0.39 is 0 Å². The fourth-order valence-corrected chi connectivity index (χ4v) is 2.10. The molecule has 0 aliphatic rings. The van der Waals surface area contributed by atoms with E-state index in [0.717, 1.165) is 12.0 Å². The number of hydrogen-bond donors (Lipinski definition) is 2. The minimum Gasteiger partial charge on any atom is -0.392 e. The molecule has 0 heterocycles. The van der Waals surface area contributed by atoms with Crippen molar-refractivity contribution in [2.24, 2.45) is 17.1 Å². The van der Waals surface area contributed by atoms with Gasteiger partial charge in [0.05, 0.1) is 6.10 Å². The number of aliphatic hydroxyl groups excluding tert-OH is 1. The van der Waals surface area contributed by atoms with Gasteiger partial charge in [0.15, 0.2) is 0 Å². The normalized spacial score (nSPS) is 17.2. The average Bonchev–Trinajstić information content (AvgIpc) is 2.30. The molecule has 0 saturated carbocycles. The highest BCUT2D eigenvalue weighted by Crippen LogP contribution is 2.32. The Kier molecular flexibility index (Phi) is 5.36. The smallest absolute Gasteiger partial charge is 0.0623 e. The molecule has 0 bridgehead atoms. The molecule has 3 N–H and O–H groups in total. The predicted octanol–water partition coefficient (Wildman–Crippen LogP) is 3.16. The summed E-state index contributed by atoms with van der Waals surface area (Å²) in [6.45, 7) is 9.32. The highest BCUT2D eigenvalue weighted by Gasteiger charge is 2.27. The van der Waals surface area contributed by atoms with Crippen molar-refractivity contribution in [2.75, 3.05) is 6.54 Å². The Labute approximate surface area is 111 Å². The van der Waals surface area contributed by atoms with E-state index in [1.807, 2.05) is 30.3 Å². The molecule has 0 amide bonds. The topological polar surface area (TPSA) is 46.2 Å². The maximum atomic E-state index is 10.4. The first-order chi connectivity index (χ1) is 8.36. The molecule has 2 heteroatoms. The first-order valence-corrected chi connectivity index (χ1v) is 6.79. The lowest BCUT2D eigenvalue weighted by atomic mass is 9.76. The third-order valence-corrected chi connectivity index (χ3v) is 4.02. The van der Waals surface area contributed by atoms with E-state index in [4.69, 9.17) is 5.73 Å². The molecule has 0 aromatic heterocycles. The van der Waals surface area contributed by atoms with Crippen molar-refractivity contribution in [2.45, 2.75) is 46.1 Å². The maximum absolute atomic E-state index is 10.4. The van der Waals surface area contributed by atoms with Crippen molar-refractivity contribution in [1.82, 2.24) is 0 Å². The summed E-state index contributed by atoms with van der Waals surface area (Å²) >= 11 is 0. The first-order valence-electron chi connectivity index (χ1n) is 6.79. The summed E-state index contributed by atoms with van der Waals surface area (Å²) in [6.07, 6.45) is 0.423. The van der Waals surface area contributed by atoms with E-state index in [9.17, 15) is 5.11 Å². The molecule has 1 aromatic carbocycles. The predicted molar refractivity (Wildman–Crippen MR) is 77.5 cm³/mol. The Hall–Kier alpha value is -0.860. The second-order valence-corrected chi connectivity index (χ2v) is 6.32. The molecule has 3 atom stereocenters. The van der Waals surface area contributed by atoms with Crippen LogP contribution < -0.4 is 5.73 Å². The quantitative estimate of drug-likeness (QED) is 0.842. The summed E-state index contributed by atoms with van der Waals surface area (Å²) in [5.41, 5.74) is 7.18. The molecule has 102 valence electrons. The SMILES string of the molecule is CC(CC(O)C(CN)c1ccccc1)C(C)(C)C. The van der Waals surface area contributed by atoms with Crippen molar-refractivity contribution >= 4 is 0 Å². The third-order valence-electron chi connectivity index (χ3n) is 4.02. The highest BCUT2D eigenvalue weighted by atomic mass is 16.3. The molecule has 3 unspecified atom stereocenters. The van der Waals surface area contributed by atoms with Crippen LogP contribution in [-0.4, -0.2) is 17.8 Å².